The van der Waals surface area contributed by atoms with Crippen molar-refractivity contribution < 1.29 is 6.17 Å². The Balaban J connectivity index is 0.000000671. The van der Waals surface area contributed by atoms with Crippen molar-refractivity contribution in [2.75, 3.05) is 0 Å². The summed E-state index contributed by atoms with van der Waals surface area (Å²) in [6, 6.07) is 5.11. The van der Waals surface area contributed by atoms with Crippen molar-refractivity contribution in [3.63, 3.8) is 0 Å². The summed E-state index contributed by atoms with van der Waals surface area (Å²) in [6.45, 7) is 0. The lowest BCUT2D eigenvalue weighted by Gasteiger charge is -1.91. The van der Waals surface area contributed by atoms with Gasteiger partial charge >= 0.3 is 0 Å². The van der Waals surface area contributed by atoms with Gasteiger partial charge in [0.25, 0.3) is 0 Å². The average Bonchev–Trinajstić information content (AvgIpc) is 2.23. The SMILES string of the molecule is N#CCC(=O)c1cccnc1.[3H]C. The van der Waals surface area contributed by atoms with E-state index in [1.165, 1.54) is 13.6 Å². The third kappa shape index (κ3) is 2.51. The van der Waals surface area contributed by atoms with Gasteiger partial charge in [-0.05, 0) is 12.1 Å². The monoisotopic (exact) mass is 164 g/mol. The largest absolute Gasteiger partial charge is 0.293 e. The third-order valence-electron chi connectivity index (χ3n) is 1.22. The molecule has 0 N–H and O–H groups in total. The molecule has 1 aromatic rings. The maximum absolute atomic E-state index is 11.0. The number of nitrogens with zero attached hydrogens (tertiary/aromatic N) is 2. The summed E-state index contributed by atoms with van der Waals surface area (Å²) < 4.78 is 5.75. The number of carbonyl (C=O) groups excluding carboxylic acids is 1. The highest BCUT2D eigenvalue weighted by Crippen LogP contribution is 1.99. The van der Waals surface area contributed by atoms with Gasteiger partial charge in [-0.25, -0.2) is 0 Å². The highest BCUT2D eigenvalue weighted by atomic mass is 16.1. The number of carbonyl (C=O) groups is 1. The molecule has 0 amide bonds. The van der Waals surface area contributed by atoms with Gasteiger partial charge in [-0.3, -0.25) is 9.78 Å². The Hall–Kier alpha value is -1.69. The minimum Gasteiger partial charge on any atom is -0.293 e. The topological polar surface area (TPSA) is 53.8 Å². The zero-order chi connectivity index (χ0) is 10.1. The van der Waals surface area contributed by atoms with Crippen LogP contribution in [-0.4, -0.2) is 10.8 Å². The van der Waals surface area contributed by atoms with Crippen LogP contribution in [0.5, 0.6) is 0 Å². The molecular formula is C9H10N2O. The maximum atomic E-state index is 11.0. The van der Waals surface area contributed by atoms with Gasteiger partial charge < -0.3 is 0 Å². The van der Waals surface area contributed by atoms with Crippen LogP contribution >= 0.6 is 0 Å². The van der Waals surface area contributed by atoms with E-state index in [2.05, 4.69) is 4.98 Å². The van der Waals surface area contributed by atoms with E-state index in [0.29, 0.717) is 5.56 Å². The second kappa shape index (κ2) is 5.03. The van der Waals surface area contributed by atoms with Crippen molar-refractivity contribution in [1.29, 1.82) is 5.26 Å². The smallest absolute Gasteiger partial charge is 0.178 e. The number of rotatable bonds is 2. The molecule has 0 aliphatic heterocycles. The number of hydrogen-bond donors (Lipinski definition) is 0. The van der Waals surface area contributed by atoms with Crippen molar-refractivity contribution in [1.82, 2.24) is 4.98 Å². The molecule has 0 unspecified atom stereocenters. The number of nitriles is 1. The second-order valence-electron chi connectivity index (χ2n) is 2.00. The van der Waals surface area contributed by atoms with E-state index in [1.54, 1.807) is 24.4 Å². The number of hydrogen-bond acceptors (Lipinski definition) is 3. The molecule has 12 heavy (non-hydrogen) atoms. The summed E-state index contributed by atoms with van der Waals surface area (Å²) in [5.74, 6) is -0.180. The highest BCUT2D eigenvalue weighted by molar-refractivity contribution is 5.96. The summed E-state index contributed by atoms with van der Waals surface area (Å²) in [5.41, 5.74) is 0.494. The Bertz CT molecular complexity index is 292. The molecule has 1 aromatic heterocycles. The van der Waals surface area contributed by atoms with Gasteiger partial charge in [-0.15, -0.1) is 0 Å². The molecule has 1 heterocycles. The first kappa shape index (κ1) is 8.41. The Morgan fingerprint density at radius 3 is 3.08 bits per heavy atom. The highest BCUT2D eigenvalue weighted by Gasteiger charge is 2.02. The molecule has 0 bridgehead atoms. The standard InChI is InChI=1S/C8H6N2O.CH4/c9-4-3-8(11)7-2-1-5-10-6-7;/h1-2,5-6H,3H2;1H4/i;1T. The molecule has 0 aromatic carbocycles. The van der Waals surface area contributed by atoms with Gasteiger partial charge in [0.2, 0.25) is 0 Å². The molecule has 0 fully saturated rings. The van der Waals surface area contributed by atoms with Crippen LogP contribution in [0.2, 0.25) is 0 Å². The van der Waals surface area contributed by atoms with Crippen LogP contribution in [0, 0.1) is 11.3 Å². The Labute approximate surface area is 73.1 Å². The third-order valence-corrected chi connectivity index (χ3v) is 1.22. The Kier molecular flexibility index (Phi) is 3.52. The van der Waals surface area contributed by atoms with Crippen LogP contribution in [0.1, 0.15) is 25.6 Å². The molecular weight excluding hydrogens is 152 g/mol. The van der Waals surface area contributed by atoms with Crippen LogP contribution in [0.4, 0.5) is 0 Å². The first-order valence-electron chi connectivity index (χ1n) is 4.15. The van der Waals surface area contributed by atoms with Crippen molar-refractivity contribution >= 4 is 5.78 Å². The first-order valence-corrected chi connectivity index (χ1v) is 3.15. The van der Waals surface area contributed by atoms with Crippen LogP contribution in [0.15, 0.2) is 24.5 Å². The fourth-order valence-corrected chi connectivity index (χ4v) is 0.702. The zero-order valence-electron chi connectivity index (χ0n) is 7.82. The lowest BCUT2D eigenvalue weighted by molar-refractivity contribution is 0.0997. The molecule has 3 nitrogen and oxygen atoms in total. The molecule has 0 aliphatic rings. The van der Waals surface area contributed by atoms with Crippen LogP contribution in [-0.2, 0) is 0 Å². The van der Waals surface area contributed by atoms with Gasteiger partial charge in [0, 0.05) is 19.3 Å². The van der Waals surface area contributed by atoms with Gasteiger partial charge in [0.1, 0.15) is 0 Å². The number of pyridine rings is 1. The van der Waals surface area contributed by atoms with Gasteiger partial charge in [-0.1, -0.05) is 7.40 Å². The van der Waals surface area contributed by atoms with Crippen molar-refractivity contribution in [3.05, 3.63) is 30.1 Å². The fourth-order valence-electron chi connectivity index (χ4n) is 0.702. The summed E-state index contributed by atoms with van der Waals surface area (Å²) in [6.07, 6.45) is 2.97. The Morgan fingerprint density at radius 2 is 2.58 bits per heavy atom. The minimum absolute atomic E-state index is 0.0777. The molecule has 62 valence electrons. The average molecular weight is 164 g/mol. The number of ketones is 1. The van der Waals surface area contributed by atoms with E-state index in [1.807, 2.05) is 0 Å². The predicted octanol–water partition coefficient (Wildman–Crippen LogP) is 1.81. The molecule has 0 radical (unpaired) electrons. The second-order valence-corrected chi connectivity index (χ2v) is 2.00. The summed E-state index contributed by atoms with van der Waals surface area (Å²) >= 11 is 0. The normalized spacial score (nSPS) is 8.50. The van der Waals surface area contributed by atoms with E-state index < -0.39 is 0 Å². The maximum Gasteiger partial charge on any atom is 0.178 e. The van der Waals surface area contributed by atoms with Crippen molar-refractivity contribution in [3.8, 4) is 6.07 Å². The van der Waals surface area contributed by atoms with Gasteiger partial charge in [-0.2, -0.15) is 5.26 Å². The quantitative estimate of drug-likeness (QED) is 0.626. The van der Waals surface area contributed by atoms with E-state index in [9.17, 15) is 4.79 Å². The minimum atomic E-state index is -0.180. The van der Waals surface area contributed by atoms with E-state index in [0.717, 1.165) is 0 Å². The van der Waals surface area contributed by atoms with Crippen LogP contribution in [0.25, 0.3) is 0 Å². The van der Waals surface area contributed by atoms with Crippen LogP contribution in [0.3, 0.4) is 0 Å². The first-order chi connectivity index (χ1) is 6.34. The van der Waals surface area contributed by atoms with E-state index >= 15 is 0 Å². The lowest BCUT2D eigenvalue weighted by atomic mass is 10.1. The molecule has 0 atom stereocenters. The molecule has 0 aliphatic carbocycles. The summed E-state index contributed by atoms with van der Waals surface area (Å²) in [7, 11) is 1.25. The zero-order valence-corrected chi connectivity index (χ0v) is 6.82. The molecule has 0 saturated heterocycles. The molecule has 0 saturated carbocycles. The number of Topliss-reactive ketones (excluding diaryl/α,β-unsaturated/α-hetero) is 1. The lowest BCUT2D eigenvalue weighted by Crippen LogP contribution is -1.96. The summed E-state index contributed by atoms with van der Waals surface area (Å²) in [4.78, 5) is 14.7. The van der Waals surface area contributed by atoms with Gasteiger partial charge in [0.05, 0.1) is 12.5 Å². The summed E-state index contributed by atoms with van der Waals surface area (Å²) in [5, 5.41) is 8.21. The predicted molar refractivity (Wildman–Crippen MR) is 45.5 cm³/mol. The number of aromatic nitrogens is 1. The van der Waals surface area contributed by atoms with Gasteiger partial charge in [0.15, 0.2) is 5.78 Å². The fraction of sp³-hybridized carbons (Fsp3) is 0.222. The van der Waals surface area contributed by atoms with Crippen molar-refractivity contribution in [2.24, 2.45) is 0 Å². The molecule has 1 rings (SSSR count). The molecule has 0 spiro atoms. The van der Waals surface area contributed by atoms with Crippen LogP contribution < -0.4 is 0 Å². The van der Waals surface area contributed by atoms with E-state index in [-0.39, 0.29) is 12.2 Å². The molecule has 3 heteroatoms. The van der Waals surface area contributed by atoms with E-state index in [4.69, 9.17) is 6.63 Å². The van der Waals surface area contributed by atoms with Crippen molar-refractivity contribution in [2.45, 2.75) is 13.8 Å². The Morgan fingerprint density at radius 1 is 1.83 bits per heavy atom.